The van der Waals surface area contributed by atoms with Crippen LogP contribution in [0.3, 0.4) is 0 Å². The Morgan fingerprint density at radius 2 is 2.00 bits per heavy atom. The van der Waals surface area contributed by atoms with Crippen LogP contribution >= 0.6 is 0 Å². The monoisotopic (exact) mass is 281 g/mol. The highest BCUT2D eigenvalue weighted by molar-refractivity contribution is 5.45. The predicted octanol–water partition coefficient (Wildman–Crippen LogP) is 1.35. The van der Waals surface area contributed by atoms with E-state index in [-0.39, 0.29) is 5.41 Å². The van der Waals surface area contributed by atoms with Gasteiger partial charge in [0, 0.05) is 38.2 Å². The lowest BCUT2D eigenvalue weighted by Crippen LogP contribution is -2.28. The molecular weight excluding hydrogens is 254 g/mol. The van der Waals surface area contributed by atoms with Crippen LogP contribution in [0.2, 0.25) is 0 Å². The lowest BCUT2D eigenvalue weighted by Gasteiger charge is -2.19. The molecule has 20 heavy (non-hydrogen) atoms. The third-order valence-corrected chi connectivity index (χ3v) is 2.89. The molecule has 1 aromatic rings. The van der Waals surface area contributed by atoms with Crippen molar-refractivity contribution < 1.29 is 4.74 Å². The summed E-state index contributed by atoms with van der Waals surface area (Å²) in [5, 5.41) is 3.29. The van der Waals surface area contributed by atoms with Crippen molar-refractivity contribution in [2.45, 2.75) is 26.2 Å². The number of anilines is 2. The molecule has 0 aliphatic heterocycles. The molecule has 0 saturated carbocycles. The minimum absolute atomic E-state index is 0.110. The van der Waals surface area contributed by atoms with Crippen molar-refractivity contribution in [1.82, 2.24) is 14.9 Å². The molecule has 0 aromatic carbocycles. The van der Waals surface area contributed by atoms with Crippen molar-refractivity contribution in [2.24, 2.45) is 0 Å². The number of likely N-dealkylation sites (N-methyl/N-ethyl adjacent to an activating group) is 1. The molecule has 0 spiro atoms. The van der Waals surface area contributed by atoms with E-state index in [0.717, 1.165) is 37.9 Å². The van der Waals surface area contributed by atoms with Gasteiger partial charge in [0.05, 0.1) is 6.61 Å². The molecule has 0 amide bonds. The van der Waals surface area contributed by atoms with E-state index in [4.69, 9.17) is 10.5 Å². The van der Waals surface area contributed by atoms with Crippen LogP contribution in [0, 0.1) is 0 Å². The Morgan fingerprint density at radius 3 is 2.60 bits per heavy atom. The SMILES string of the molecule is COCCN(C)CCNc1cc(N)nc(C(C)(C)C)n1. The summed E-state index contributed by atoms with van der Waals surface area (Å²) in [7, 11) is 3.78. The second-order valence-electron chi connectivity index (χ2n) is 5.97. The zero-order chi connectivity index (χ0) is 15.2. The molecule has 114 valence electrons. The van der Waals surface area contributed by atoms with E-state index in [1.807, 2.05) is 0 Å². The Kier molecular flexibility index (Phi) is 6.16. The van der Waals surface area contributed by atoms with Crippen molar-refractivity contribution in [3.63, 3.8) is 0 Å². The van der Waals surface area contributed by atoms with Gasteiger partial charge in [-0.15, -0.1) is 0 Å². The maximum atomic E-state index is 5.84. The van der Waals surface area contributed by atoms with Gasteiger partial charge in [0.2, 0.25) is 0 Å². The summed E-state index contributed by atoms with van der Waals surface area (Å²) in [6.07, 6.45) is 0. The van der Waals surface area contributed by atoms with Crippen LogP contribution in [0.25, 0.3) is 0 Å². The Hall–Kier alpha value is -1.40. The average molecular weight is 281 g/mol. The number of nitrogens with two attached hydrogens (primary N) is 1. The number of aromatic nitrogens is 2. The molecule has 1 aromatic heterocycles. The van der Waals surface area contributed by atoms with Gasteiger partial charge in [0.15, 0.2) is 0 Å². The Bertz CT molecular complexity index is 417. The molecule has 0 atom stereocenters. The number of nitrogen functional groups attached to an aromatic ring is 1. The zero-order valence-corrected chi connectivity index (χ0v) is 13.2. The largest absolute Gasteiger partial charge is 0.384 e. The standard InChI is InChI=1S/C14H27N5O/c1-14(2,3)13-17-11(15)10-12(18-13)16-6-7-19(4)8-9-20-5/h10H,6-9H2,1-5H3,(H3,15,16,17,18). The fourth-order valence-electron chi connectivity index (χ4n) is 1.63. The molecule has 0 aliphatic carbocycles. The highest BCUT2D eigenvalue weighted by atomic mass is 16.5. The van der Waals surface area contributed by atoms with Gasteiger partial charge in [-0.05, 0) is 7.05 Å². The molecule has 0 unspecified atom stereocenters. The molecule has 0 saturated heterocycles. The zero-order valence-electron chi connectivity index (χ0n) is 13.2. The molecule has 3 N–H and O–H groups in total. The van der Waals surface area contributed by atoms with Crippen LogP contribution in [0.5, 0.6) is 0 Å². The Balaban J connectivity index is 2.54. The molecule has 1 rings (SSSR count). The summed E-state index contributed by atoms with van der Waals surface area (Å²) in [4.78, 5) is 11.0. The fourth-order valence-corrected chi connectivity index (χ4v) is 1.63. The summed E-state index contributed by atoms with van der Waals surface area (Å²) in [5.41, 5.74) is 5.73. The first-order valence-electron chi connectivity index (χ1n) is 6.89. The Labute approximate surface area is 121 Å². The van der Waals surface area contributed by atoms with Gasteiger partial charge in [-0.2, -0.15) is 0 Å². The maximum Gasteiger partial charge on any atom is 0.138 e. The van der Waals surface area contributed by atoms with Gasteiger partial charge < -0.3 is 20.7 Å². The summed E-state index contributed by atoms with van der Waals surface area (Å²) in [6.45, 7) is 9.60. The van der Waals surface area contributed by atoms with Gasteiger partial charge in [0.25, 0.3) is 0 Å². The van der Waals surface area contributed by atoms with E-state index in [1.54, 1.807) is 13.2 Å². The molecule has 0 radical (unpaired) electrons. The second kappa shape index (κ2) is 7.40. The van der Waals surface area contributed by atoms with Crippen molar-refractivity contribution in [1.29, 1.82) is 0 Å². The molecule has 0 aliphatic rings. The molecule has 6 heteroatoms. The van der Waals surface area contributed by atoms with Gasteiger partial charge in [0.1, 0.15) is 17.5 Å². The number of ether oxygens (including phenoxy) is 1. The lowest BCUT2D eigenvalue weighted by atomic mass is 9.96. The van der Waals surface area contributed by atoms with Crippen LogP contribution in [0.15, 0.2) is 6.07 Å². The number of hydrogen-bond donors (Lipinski definition) is 2. The number of methoxy groups -OCH3 is 1. The first-order chi connectivity index (χ1) is 9.32. The van der Waals surface area contributed by atoms with E-state index in [2.05, 4.69) is 48.0 Å². The van der Waals surface area contributed by atoms with Gasteiger partial charge in [-0.25, -0.2) is 9.97 Å². The number of nitrogens with one attached hydrogen (secondary N) is 1. The van der Waals surface area contributed by atoms with Crippen LogP contribution in [0.1, 0.15) is 26.6 Å². The van der Waals surface area contributed by atoms with Crippen molar-refractivity contribution >= 4 is 11.6 Å². The van der Waals surface area contributed by atoms with E-state index < -0.39 is 0 Å². The molecular formula is C14H27N5O. The van der Waals surface area contributed by atoms with Crippen LogP contribution < -0.4 is 11.1 Å². The van der Waals surface area contributed by atoms with Crippen molar-refractivity contribution in [3.8, 4) is 0 Å². The molecule has 0 bridgehead atoms. The summed E-state index contributed by atoms with van der Waals surface area (Å²) in [6, 6.07) is 1.77. The highest BCUT2D eigenvalue weighted by Crippen LogP contribution is 2.20. The average Bonchev–Trinajstić information content (AvgIpc) is 2.34. The van der Waals surface area contributed by atoms with Crippen LogP contribution in [-0.2, 0) is 10.2 Å². The van der Waals surface area contributed by atoms with Gasteiger partial charge in [-0.1, -0.05) is 20.8 Å². The van der Waals surface area contributed by atoms with Crippen LogP contribution in [0.4, 0.5) is 11.6 Å². The number of nitrogens with zero attached hydrogens (tertiary/aromatic N) is 3. The predicted molar refractivity (Wildman–Crippen MR) is 83.0 cm³/mol. The van der Waals surface area contributed by atoms with E-state index in [9.17, 15) is 0 Å². The van der Waals surface area contributed by atoms with Gasteiger partial charge in [-0.3, -0.25) is 0 Å². The van der Waals surface area contributed by atoms with Crippen LogP contribution in [-0.4, -0.2) is 55.3 Å². The Morgan fingerprint density at radius 1 is 1.30 bits per heavy atom. The molecule has 6 nitrogen and oxygen atoms in total. The summed E-state index contributed by atoms with van der Waals surface area (Å²) < 4.78 is 5.05. The maximum absolute atomic E-state index is 5.84. The third kappa shape index (κ3) is 5.71. The molecule has 1 heterocycles. The summed E-state index contributed by atoms with van der Waals surface area (Å²) in [5.74, 6) is 2.04. The summed E-state index contributed by atoms with van der Waals surface area (Å²) >= 11 is 0. The van der Waals surface area contributed by atoms with Crippen molar-refractivity contribution in [3.05, 3.63) is 11.9 Å². The van der Waals surface area contributed by atoms with E-state index in [1.165, 1.54) is 0 Å². The lowest BCUT2D eigenvalue weighted by molar-refractivity contribution is 0.163. The van der Waals surface area contributed by atoms with E-state index in [0.29, 0.717) is 5.82 Å². The number of rotatable bonds is 7. The quantitative estimate of drug-likeness (QED) is 0.785. The van der Waals surface area contributed by atoms with E-state index >= 15 is 0 Å². The topological polar surface area (TPSA) is 76.3 Å². The van der Waals surface area contributed by atoms with Crippen molar-refractivity contribution in [2.75, 3.05) is 51.4 Å². The smallest absolute Gasteiger partial charge is 0.138 e. The third-order valence-electron chi connectivity index (χ3n) is 2.89. The fraction of sp³-hybridized carbons (Fsp3) is 0.714. The first-order valence-corrected chi connectivity index (χ1v) is 6.89. The molecule has 0 fully saturated rings. The minimum atomic E-state index is -0.110. The van der Waals surface area contributed by atoms with Gasteiger partial charge >= 0.3 is 0 Å². The number of hydrogen-bond acceptors (Lipinski definition) is 6. The highest BCUT2D eigenvalue weighted by Gasteiger charge is 2.18. The normalized spacial score (nSPS) is 11.9. The second-order valence-corrected chi connectivity index (χ2v) is 5.97. The minimum Gasteiger partial charge on any atom is -0.384 e. The first kappa shape index (κ1) is 16.7.